The molecule has 0 aliphatic carbocycles. The number of rotatable bonds is 5. The van der Waals surface area contributed by atoms with Crippen molar-refractivity contribution in [1.82, 2.24) is 0 Å². The van der Waals surface area contributed by atoms with Crippen molar-refractivity contribution < 1.29 is 17.6 Å². The fraction of sp³-hybridized carbons (Fsp3) is 0.200. The van der Waals surface area contributed by atoms with Gasteiger partial charge < -0.3 is 0 Å². The zero-order valence-corrected chi connectivity index (χ0v) is 16.0. The van der Waals surface area contributed by atoms with Gasteiger partial charge >= 0.3 is 0 Å². The van der Waals surface area contributed by atoms with Gasteiger partial charge in [0.25, 0.3) is 0 Å². The minimum Gasteiger partial charge on any atom is -0.207 e. The minimum atomic E-state index is -0.697. The van der Waals surface area contributed by atoms with Crippen molar-refractivity contribution in [2.24, 2.45) is 0 Å². The molecule has 29 heavy (non-hydrogen) atoms. The summed E-state index contributed by atoms with van der Waals surface area (Å²) in [5.74, 6) is -2.33. The van der Waals surface area contributed by atoms with Gasteiger partial charge in [-0.25, -0.2) is 17.6 Å². The van der Waals surface area contributed by atoms with Crippen LogP contribution in [0.15, 0.2) is 54.6 Å². The molecule has 4 aromatic carbocycles. The first-order chi connectivity index (χ1) is 14.0. The van der Waals surface area contributed by atoms with Crippen molar-refractivity contribution in [1.29, 1.82) is 0 Å². The summed E-state index contributed by atoms with van der Waals surface area (Å²) in [5, 5.41) is 1.74. The third kappa shape index (κ3) is 3.71. The number of unbranched alkanes of at least 4 members (excludes halogenated alkanes) is 2. The van der Waals surface area contributed by atoms with Gasteiger partial charge in [-0.15, -0.1) is 0 Å². The summed E-state index contributed by atoms with van der Waals surface area (Å²) in [6.07, 6.45) is 3.58. The molecule has 0 atom stereocenters. The SMILES string of the molecule is CCCCCc1ccc2c(cc(F)c3cc(-c4cc(F)cc(F)c4)ccc32)c1F. The van der Waals surface area contributed by atoms with Crippen LogP contribution in [0, 0.1) is 23.3 Å². The third-order valence-corrected chi connectivity index (χ3v) is 5.34. The van der Waals surface area contributed by atoms with Gasteiger partial charge in [-0.2, -0.15) is 0 Å². The number of hydrogen-bond acceptors (Lipinski definition) is 0. The number of fused-ring (bicyclic) bond motifs is 3. The third-order valence-electron chi connectivity index (χ3n) is 5.34. The zero-order chi connectivity index (χ0) is 20.5. The molecule has 0 aliphatic heterocycles. The second-order valence-electron chi connectivity index (χ2n) is 7.37. The van der Waals surface area contributed by atoms with E-state index in [-0.39, 0.29) is 16.6 Å². The van der Waals surface area contributed by atoms with Crippen LogP contribution in [0.1, 0.15) is 31.7 Å². The molecule has 0 spiro atoms. The number of halogens is 4. The van der Waals surface area contributed by atoms with Crippen molar-refractivity contribution in [2.75, 3.05) is 0 Å². The summed E-state index contributed by atoms with van der Waals surface area (Å²) >= 11 is 0. The normalized spacial score (nSPS) is 11.5. The van der Waals surface area contributed by atoms with Gasteiger partial charge in [-0.05, 0) is 64.6 Å². The van der Waals surface area contributed by atoms with E-state index in [1.165, 1.54) is 18.2 Å². The van der Waals surface area contributed by atoms with Crippen molar-refractivity contribution in [3.8, 4) is 11.1 Å². The minimum absolute atomic E-state index is 0.258. The molecule has 4 rings (SSSR count). The molecule has 148 valence electrons. The fourth-order valence-electron chi connectivity index (χ4n) is 3.85. The van der Waals surface area contributed by atoms with Gasteiger partial charge in [0.2, 0.25) is 0 Å². The lowest BCUT2D eigenvalue weighted by Crippen LogP contribution is -1.94. The molecule has 4 aromatic rings. The summed E-state index contributed by atoms with van der Waals surface area (Å²) in [7, 11) is 0. The van der Waals surface area contributed by atoms with Crippen molar-refractivity contribution >= 4 is 21.5 Å². The summed E-state index contributed by atoms with van der Waals surface area (Å²) in [4.78, 5) is 0. The average molecular weight is 396 g/mol. The van der Waals surface area contributed by atoms with Gasteiger partial charge in [-0.3, -0.25) is 0 Å². The monoisotopic (exact) mass is 396 g/mol. The first kappa shape index (κ1) is 19.4. The molecule has 0 amide bonds. The zero-order valence-electron chi connectivity index (χ0n) is 16.0. The molecular formula is C25H20F4. The Hall–Kier alpha value is -2.88. The first-order valence-electron chi connectivity index (χ1n) is 9.77. The Morgan fingerprint density at radius 2 is 1.31 bits per heavy atom. The Kier molecular flexibility index (Phi) is 5.27. The van der Waals surface area contributed by atoms with Gasteiger partial charge in [0.1, 0.15) is 23.3 Å². The van der Waals surface area contributed by atoms with Crippen molar-refractivity contribution in [2.45, 2.75) is 32.6 Å². The first-order valence-corrected chi connectivity index (χ1v) is 9.77. The molecule has 0 heterocycles. The van der Waals surface area contributed by atoms with Crippen LogP contribution in [0.3, 0.4) is 0 Å². The maximum atomic E-state index is 15.0. The Labute approximate surface area is 166 Å². The standard InChI is InChI=1S/C25H20F4/c1-2-3-4-5-15-6-8-21-20-9-7-16(17-10-18(26)13-19(27)11-17)12-22(20)24(28)14-23(21)25(15)29/h6-14H,2-5H2,1H3. The highest BCUT2D eigenvalue weighted by molar-refractivity contribution is 6.09. The van der Waals surface area contributed by atoms with Crippen LogP contribution in [0.2, 0.25) is 0 Å². The number of benzene rings is 4. The molecule has 0 nitrogen and oxygen atoms in total. The summed E-state index contributed by atoms with van der Waals surface area (Å²) in [6, 6.07) is 12.9. The van der Waals surface area contributed by atoms with Crippen LogP contribution < -0.4 is 0 Å². The lowest BCUT2D eigenvalue weighted by molar-refractivity contribution is 0.584. The second kappa shape index (κ2) is 7.86. The maximum absolute atomic E-state index is 15.0. The molecule has 0 saturated heterocycles. The Balaban J connectivity index is 1.85. The molecule has 0 radical (unpaired) electrons. The number of aryl methyl sites for hydroxylation is 1. The van der Waals surface area contributed by atoms with Crippen molar-refractivity contribution in [3.05, 3.63) is 83.4 Å². The lowest BCUT2D eigenvalue weighted by atomic mass is 9.94. The molecule has 0 bridgehead atoms. The smallest absolute Gasteiger partial charge is 0.134 e. The van der Waals surface area contributed by atoms with E-state index >= 15 is 0 Å². The average Bonchev–Trinajstić information content (AvgIpc) is 2.69. The molecule has 0 N–H and O–H groups in total. The molecule has 0 fully saturated rings. The quantitative estimate of drug-likeness (QED) is 0.182. The van der Waals surface area contributed by atoms with E-state index in [4.69, 9.17) is 0 Å². The molecule has 4 heteroatoms. The van der Waals surface area contributed by atoms with E-state index in [0.717, 1.165) is 25.3 Å². The maximum Gasteiger partial charge on any atom is 0.134 e. The predicted molar refractivity (Wildman–Crippen MR) is 110 cm³/mol. The highest BCUT2D eigenvalue weighted by Gasteiger charge is 2.14. The van der Waals surface area contributed by atoms with Gasteiger partial charge in [0.05, 0.1) is 0 Å². The number of hydrogen-bond donors (Lipinski definition) is 0. The van der Waals surface area contributed by atoms with E-state index in [2.05, 4.69) is 6.92 Å². The summed E-state index contributed by atoms with van der Waals surface area (Å²) < 4.78 is 57.0. The second-order valence-corrected chi connectivity index (χ2v) is 7.37. The Bertz CT molecular complexity index is 1190. The van der Waals surface area contributed by atoms with Crippen molar-refractivity contribution in [3.63, 3.8) is 0 Å². The molecule has 0 aromatic heterocycles. The molecule has 0 unspecified atom stereocenters. The van der Waals surface area contributed by atoms with Crippen LogP contribution in [0.4, 0.5) is 17.6 Å². The van der Waals surface area contributed by atoms with E-state index in [9.17, 15) is 17.6 Å². The summed E-state index contributed by atoms with van der Waals surface area (Å²) in [6.45, 7) is 2.09. The highest BCUT2D eigenvalue weighted by atomic mass is 19.1. The van der Waals surface area contributed by atoms with E-state index in [1.54, 1.807) is 24.3 Å². The molecular weight excluding hydrogens is 376 g/mol. The van der Waals surface area contributed by atoms with Crippen LogP contribution in [-0.4, -0.2) is 0 Å². The van der Waals surface area contributed by atoms with Crippen LogP contribution in [0.5, 0.6) is 0 Å². The van der Waals surface area contributed by atoms with E-state index in [1.807, 2.05) is 6.07 Å². The van der Waals surface area contributed by atoms with Gasteiger partial charge in [0.15, 0.2) is 0 Å². The Morgan fingerprint density at radius 3 is 2.03 bits per heavy atom. The Morgan fingerprint density at radius 1 is 0.621 bits per heavy atom. The van der Waals surface area contributed by atoms with E-state index < -0.39 is 17.5 Å². The van der Waals surface area contributed by atoms with Crippen LogP contribution >= 0.6 is 0 Å². The topological polar surface area (TPSA) is 0 Å². The van der Waals surface area contributed by atoms with Gasteiger partial charge in [-0.1, -0.05) is 44.0 Å². The summed E-state index contributed by atoms with van der Waals surface area (Å²) in [5.41, 5.74) is 1.41. The fourth-order valence-corrected chi connectivity index (χ4v) is 3.85. The highest BCUT2D eigenvalue weighted by Crippen LogP contribution is 2.34. The van der Waals surface area contributed by atoms with E-state index in [0.29, 0.717) is 33.9 Å². The lowest BCUT2D eigenvalue weighted by Gasteiger charge is -2.11. The predicted octanol–water partition coefficient (Wildman–Crippen LogP) is 7.95. The van der Waals surface area contributed by atoms with Gasteiger partial charge in [0, 0.05) is 16.8 Å². The van der Waals surface area contributed by atoms with Crippen LogP contribution in [-0.2, 0) is 6.42 Å². The van der Waals surface area contributed by atoms with Crippen LogP contribution in [0.25, 0.3) is 32.7 Å². The molecule has 0 saturated carbocycles. The molecule has 0 aliphatic rings. The largest absolute Gasteiger partial charge is 0.207 e.